The van der Waals surface area contributed by atoms with E-state index in [0.717, 1.165) is 23.2 Å². The van der Waals surface area contributed by atoms with Gasteiger partial charge in [0.2, 0.25) is 5.91 Å². The number of ether oxygens (including phenoxy) is 1. The Morgan fingerprint density at radius 2 is 1.66 bits per heavy atom. The first-order valence-electron chi connectivity index (χ1n) is 11.5. The van der Waals surface area contributed by atoms with E-state index >= 15 is 0 Å². The van der Waals surface area contributed by atoms with Gasteiger partial charge in [-0.25, -0.2) is 14.4 Å². The highest BCUT2D eigenvalue weighted by Crippen LogP contribution is 2.36. The summed E-state index contributed by atoms with van der Waals surface area (Å²) in [6, 6.07) is 7.99. The maximum atomic E-state index is 12.6. The Morgan fingerprint density at radius 3 is 2.23 bits per heavy atom. The van der Waals surface area contributed by atoms with Crippen LogP contribution in [0.15, 0.2) is 29.6 Å². The minimum Gasteiger partial charge on any atom is -0.473 e. The fourth-order valence-corrected chi connectivity index (χ4v) is 4.73. The average Bonchev–Trinajstić information content (AvgIpc) is 3.24. The van der Waals surface area contributed by atoms with Crippen molar-refractivity contribution in [1.82, 2.24) is 5.32 Å². The second-order valence-corrected chi connectivity index (χ2v) is 9.11. The summed E-state index contributed by atoms with van der Waals surface area (Å²) in [6.45, 7) is 5.21. The van der Waals surface area contributed by atoms with Crippen LogP contribution in [0.25, 0.3) is 11.1 Å². The van der Waals surface area contributed by atoms with Crippen LogP contribution in [0, 0.1) is 12.8 Å². The molecule has 1 aliphatic carbocycles. The van der Waals surface area contributed by atoms with Gasteiger partial charge in [-0.1, -0.05) is 49.1 Å². The maximum absolute atomic E-state index is 12.6. The molecule has 0 aliphatic heterocycles. The predicted octanol–water partition coefficient (Wildman–Crippen LogP) is 4.16. The number of carboxylic acid groups (broad SMARTS) is 2. The first-order valence-corrected chi connectivity index (χ1v) is 12.4. The molecular formula is C25H32N2O7S. The summed E-state index contributed by atoms with van der Waals surface area (Å²) in [7, 11) is 0. The SMILES string of the molecule is CCOC(=O)c1c(-c2ccc(C)cc2)csc1NC(=O)CNCC1CCCCC1.O=C(O)C(=O)O. The quantitative estimate of drug-likeness (QED) is 0.310. The molecule has 0 atom stereocenters. The van der Waals surface area contributed by atoms with Crippen LogP contribution in [-0.2, 0) is 19.1 Å². The zero-order valence-electron chi connectivity index (χ0n) is 20.0. The Morgan fingerprint density at radius 1 is 1.03 bits per heavy atom. The van der Waals surface area contributed by atoms with Crippen molar-refractivity contribution in [2.45, 2.75) is 46.0 Å². The lowest BCUT2D eigenvalue weighted by Crippen LogP contribution is -2.32. The highest BCUT2D eigenvalue weighted by Gasteiger charge is 2.23. The molecule has 1 heterocycles. The molecule has 1 saturated carbocycles. The predicted molar refractivity (Wildman–Crippen MR) is 134 cm³/mol. The Labute approximate surface area is 208 Å². The molecule has 0 radical (unpaired) electrons. The smallest absolute Gasteiger partial charge is 0.414 e. The number of esters is 1. The fraction of sp³-hybridized carbons (Fsp3) is 0.440. The number of nitrogens with one attached hydrogen (secondary N) is 2. The number of amides is 1. The third-order valence-electron chi connectivity index (χ3n) is 5.51. The molecule has 1 aromatic carbocycles. The van der Waals surface area contributed by atoms with E-state index in [1.54, 1.807) is 6.92 Å². The molecule has 9 nitrogen and oxygen atoms in total. The van der Waals surface area contributed by atoms with Gasteiger partial charge >= 0.3 is 17.9 Å². The summed E-state index contributed by atoms with van der Waals surface area (Å²) < 4.78 is 5.26. The molecule has 1 aliphatic rings. The molecular weight excluding hydrogens is 472 g/mol. The Bertz CT molecular complexity index is 999. The van der Waals surface area contributed by atoms with Crippen LogP contribution >= 0.6 is 11.3 Å². The van der Waals surface area contributed by atoms with E-state index in [4.69, 9.17) is 24.5 Å². The van der Waals surface area contributed by atoms with Crippen molar-refractivity contribution in [2.24, 2.45) is 5.92 Å². The molecule has 4 N–H and O–H groups in total. The van der Waals surface area contributed by atoms with E-state index in [1.165, 1.54) is 43.4 Å². The van der Waals surface area contributed by atoms with Crippen molar-refractivity contribution < 1.29 is 34.1 Å². The zero-order valence-corrected chi connectivity index (χ0v) is 20.8. The molecule has 0 spiro atoms. The van der Waals surface area contributed by atoms with Crippen molar-refractivity contribution in [3.05, 3.63) is 40.8 Å². The van der Waals surface area contributed by atoms with E-state index in [0.29, 0.717) is 23.1 Å². The summed E-state index contributed by atoms with van der Waals surface area (Å²) in [5.41, 5.74) is 3.31. The summed E-state index contributed by atoms with van der Waals surface area (Å²) in [6.07, 6.45) is 6.39. The van der Waals surface area contributed by atoms with Gasteiger partial charge in [-0.05, 0) is 44.7 Å². The molecule has 35 heavy (non-hydrogen) atoms. The van der Waals surface area contributed by atoms with Gasteiger partial charge in [-0.15, -0.1) is 11.3 Å². The largest absolute Gasteiger partial charge is 0.473 e. The molecule has 2 aromatic rings. The molecule has 1 aromatic heterocycles. The number of hydrogen-bond donors (Lipinski definition) is 4. The van der Waals surface area contributed by atoms with Gasteiger partial charge in [0, 0.05) is 10.9 Å². The van der Waals surface area contributed by atoms with Crippen molar-refractivity contribution >= 4 is 40.2 Å². The normalized spacial score (nSPS) is 13.3. The molecule has 3 rings (SSSR count). The molecule has 10 heteroatoms. The topological polar surface area (TPSA) is 142 Å². The second kappa shape index (κ2) is 14.2. The zero-order chi connectivity index (χ0) is 25.8. The first-order chi connectivity index (χ1) is 16.7. The van der Waals surface area contributed by atoms with E-state index in [1.807, 2.05) is 36.6 Å². The van der Waals surface area contributed by atoms with E-state index in [9.17, 15) is 9.59 Å². The fourth-order valence-electron chi connectivity index (χ4n) is 3.75. The number of carbonyl (C=O) groups is 4. The molecule has 0 saturated heterocycles. The van der Waals surface area contributed by atoms with Gasteiger partial charge in [0.1, 0.15) is 10.6 Å². The van der Waals surface area contributed by atoms with Crippen LogP contribution in [0.5, 0.6) is 0 Å². The lowest BCUT2D eigenvalue weighted by atomic mass is 9.89. The van der Waals surface area contributed by atoms with E-state index in [2.05, 4.69) is 10.6 Å². The number of rotatable bonds is 8. The lowest BCUT2D eigenvalue weighted by Gasteiger charge is -2.21. The van der Waals surface area contributed by atoms with Crippen molar-refractivity contribution in [2.75, 3.05) is 25.0 Å². The van der Waals surface area contributed by atoms with Gasteiger partial charge in [-0.3, -0.25) is 4.79 Å². The van der Waals surface area contributed by atoms with Crippen molar-refractivity contribution in [3.63, 3.8) is 0 Å². The van der Waals surface area contributed by atoms with Crippen LogP contribution in [-0.4, -0.2) is 53.7 Å². The van der Waals surface area contributed by atoms with Crippen LogP contribution in [0.3, 0.4) is 0 Å². The molecule has 1 fully saturated rings. The maximum Gasteiger partial charge on any atom is 0.414 e. The van der Waals surface area contributed by atoms with Crippen LogP contribution in [0.2, 0.25) is 0 Å². The minimum absolute atomic E-state index is 0.135. The number of benzene rings is 1. The number of aliphatic carboxylic acids is 2. The number of aryl methyl sites for hydroxylation is 1. The summed E-state index contributed by atoms with van der Waals surface area (Å²) in [5, 5.41) is 23.4. The van der Waals surface area contributed by atoms with Gasteiger partial charge in [-0.2, -0.15) is 0 Å². The summed E-state index contributed by atoms with van der Waals surface area (Å²) in [4.78, 5) is 43.3. The van der Waals surface area contributed by atoms with E-state index in [-0.39, 0.29) is 12.5 Å². The van der Waals surface area contributed by atoms with Crippen LogP contribution in [0.1, 0.15) is 54.9 Å². The average molecular weight is 505 g/mol. The second-order valence-electron chi connectivity index (χ2n) is 8.23. The number of carbonyl (C=O) groups excluding carboxylic acids is 2. The third kappa shape index (κ3) is 9.14. The standard InChI is InChI=1S/C23H30N2O3S.C2H2O4/c1-3-28-23(27)21-19(18-11-9-16(2)10-12-18)15-29-22(21)25-20(26)14-24-13-17-7-5-4-6-8-17;3-1(4)2(5)6/h9-12,15,17,24H,3-8,13-14H2,1-2H3,(H,25,26);(H,3,4)(H,5,6). The van der Waals surface area contributed by atoms with Crippen LogP contribution < -0.4 is 10.6 Å². The molecule has 1 amide bonds. The number of hydrogen-bond acceptors (Lipinski definition) is 7. The van der Waals surface area contributed by atoms with Crippen molar-refractivity contribution in [3.8, 4) is 11.1 Å². The molecule has 0 bridgehead atoms. The minimum atomic E-state index is -1.82. The van der Waals surface area contributed by atoms with E-state index < -0.39 is 17.9 Å². The van der Waals surface area contributed by atoms with Crippen molar-refractivity contribution in [1.29, 1.82) is 0 Å². The monoisotopic (exact) mass is 504 g/mol. The van der Waals surface area contributed by atoms with Gasteiger partial charge in [0.15, 0.2) is 0 Å². The Balaban J connectivity index is 0.000000641. The highest BCUT2D eigenvalue weighted by atomic mass is 32.1. The summed E-state index contributed by atoms with van der Waals surface area (Å²) >= 11 is 1.36. The number of carboxylic acids is 2. The van der Waals surface area contributed by atoms with Gasteiger partial charge in [0.05, 0.1) is 13.2 Å². The molecule has 0 unspecified atom stereocenters. The van der Waals surface area contributed by atoms with Gasteiger partial charge < -0.3 is 25.6 Å². The number of anilines is 1. The lowest BCUT2D eigenvalue weighted by molar-refractivity contribution is -0.159. The Hall–Kier alpha value is -3.24. The first kappa shape index (κ1) is 28.0. The van der Waals surface area contributed by atoms with Crippen LogP contribution in [0.4, 0.5) is 5.00 Å². The Kier molecular flexibility index (Phi) is 11.4. The summed E-state index contributed by atoms with van der Waals surface area (Å²) in [5.74, 6) is -3.52. The number of thiophene rings is 1. The third-order valence-corrected chi connectivity index (χ3v) is 6.41. The highest BCUT2D eigenvalue weighted by molar-refractivity contribution is 7.15. The van der Waals surface area contributed by atoms with Gasteiger partial charge in [0.25, 0.3) is 0 Å². The molecule has 190 valence electrons.